The van der Waals surface area contributed by atoms with Gasteiger partial charge in [0, 0.05) is 11.3 Å². The predicted molar refractivity (Wildman–Crippen MR) is 127 cm³/mol. The fourth-order valence-electron chi connectivity index (χ4n) is 5.00. The minimum Gasteiger partial charge on any atom is -0.506 e. The van der Waals surface area contributed by atoms with Crippen molar-refractivity contribution in [1.82, 2.24) is 0 Å². The van der Waals surface area contributed by atoms with E-state index >= 15 is 0 Å². The van der Waals surface area contributed by atoms with Crippen LogP contribution in [-0.2, 0) is 6.42 Å². The van der Waals surface area contributed by atoms with Crippen molar-refractivity contribution >= 4 is 22.4 Å². The molecule has 0 aromatic heterocycles. The summed E-state index contributed by atoms with van der Waals surface area (Å²) >= 11 is 6.43. The number of benzene rings is 4. The number of hydrogen-bond acceptors (Lipinski definition) is 1. The van der Waals surface area contributed by atoms with Crippen LogP contribution < -0.4 is 0 Å². The van der Waals surface area contributed by atoms with Gasteiger partial charge in [0.05, 0.1) is 5.02 Å². The van der Waals surface area contributed by atoms with Gasteiger partial charge in [-0.3, -0.25) is 0 Å². The Morgan fingerprint density at radius 1 is 0.867 bits per heavy atom. The van der Waals surface area contributed by atoms with E-state index in [2.05, 4.69) is 55.1 Å². The van der Waals surface area contributed by atoms with E-state index in [0.717, 1.165) is 41.2 Å². The average Bonchev–Trinajstić information content (AvgIpc) is 2.80. The molecule has 0 heterocycles. The highest BCUT2D eigenvalue weighted by molar-refractivity contribution is 6.34. The number of fused-ring (bicyclic) bond motifs is 2. The number of halogens is 1. The summed E-state index contributed by atoms with van der Waals surface area (Å²) in [5.74, 6) is 0.399. The molecule has 5 rings (SSSR count). The average molecular weight is 411 g/mol. The summed E-state index contributed by atoms with van der Waals surface area (Å²) in [7, 11) is 0. The molecule has 1 nitrogen and oxygen atoms in total. The molecule has 1 atom stereocenters. The Morgan fingerprint density at radius 2 is 1.50 bits per heavy atom. The van der Waals surface area contributed by atoms with Crippen molar-refractivity contribution in [3.8, 4) is 28.0 Å². The van der Waals surface area contributed by atoms with Crippen LogP contribution in [0.15, 0.2) is 85.5 Å². The van der Waals surface area contributed by atoms with Gasteiger partial charge < -0.3 is 5.11 Å². The van der Waals surface area contributed by atoms with Crippen molar-refractivity contribution < 1.29 is 5.11 Å². The van der Waals surface area contributed by atoms with Gasteiger partial charge in [0.2, 0.25) is 0 Å². The summed E-state index contributed by atoms with van der Waals surface area (Å²) < 4.78 is 0. The molecule has 0 bridgehead atoms. The first-order valence-corrected chi connectivity index (χ1v) is 10.8. The van der Waals surface area contributed by atoms with Crippen LogP contribution >= 0.6 is 11.6 Å². The number of allylic oxidation sites excluding steroid dienone is 1. The molecule has 1 aliphatic carbocycles. The molecule has 0 saturated heterocycles. The minimum atomic E-state index is 0.154. The lowest BCUT2D eigenvalue weighted by molar-refractivity contribution is 0.482. The van der Waals surface area contributed by atoms with Crippen LogP contribution in [0.1, 0.15) is 29.9 Å². The van der Waals surface area contributed by atoms with Crippen LogP contribution in [0.3, 0.4) is 0 Å². The lowest BCUT2D eigenvalue weighted by atomic mass is 9.73. The third-order valence-corrected chi connectivity index (χ3v) is 6.57. The van der Waals surface area contributed by atoms with E-state index < -0.39 is 0 Å². The molecular weight excluding hydrogens is 388 g/mol. The number of phenols is 1. The zero-order valence-corrected chi connectivity index (χ0v) is 17.5. The maximum Gasteiger partial charge on any atom is 0.142 e. The lowest BCUT2D eigenvalue weighted by Gasteiger charge is -2.31. The Kier molecular flexibility index (Phi) is 4.84. The minimum absolute atomic E-state index is 0.154. The Balaban J connectivity index is 2.03. The second-order valence-corrected chi connectivity index (χ2v) is 8.33. The number of hydrogen-bond donors (Lipinski definition) is 1. The second kappa shape index (κ2) is 7.66. The van der Waals surface area contributed by atoms with Crippen molar-refractivity contribution in [3.63, 3.8) is 0 Å². The van der Waals surface area contributed by atoms with Gasteiger partial charge in [-0.25, -0.2) is 0 Å². The number of phenolic OH excluding ortho intramolecular Hbond substituents is 1. The van der Waals surface area contributed by atoms with Gasteiger partial charge >= 0.3 is 0 Å². The molecule has 4 aromatic carbocycles. The van der Waals surface area contributed by atoms with Crippen LogP contribution in [0.4, 0.5) is 0 Å². The van der Waals surface area contributed by atoms with E-state index in [9.17, 15) is 5.11 Å². The summed E-state index contributed by atoms with van der Waals surface area (Å²) in [6, 6.07) is 24.7. The maximum absolute atomic E-state index is 11.2. The van der Waals surface area contributed by atoms with Crippen molar-refractivity contribution in [2.45, 2.75) is 25.2 Å². The quantitative estimate of drug-likeness (QED) is 0.338. The molecular formula is C28H23ClO. The zero-order chi connectivity index (χ0) is 20.7. The third kappa shape index (κ3) is 2.93. The Labute approximate surface area is 182 Å². The van der Waals surface area contributed by atoms with Gasteiger partial charge in [0.25, 0.3) is 0 Å². The van der Waals surface area contributed by atoms with Crippen molar-refractivity contribution in [3.05, 3.63) is 102 Å². The zero-order valence-electron chi connectivity index (χ0n) is 16.7. The molecule has 2 heteroatoms. The van der Waals surface area contributed by atoms with Crippen LogP contribution in [0.5, 0.6) is 5.75 Å². The van der Waals surface area contributed by atoms with Gasteiger partial charge in [-0.15, -0.1) is 6.58 Å². The first-order valence-electron chi connectivity index (χ1n) is 10.4. The molecule has 0 radical (unpaired) electrons. The van der Waals surface area contributed by atoms with E-state index in [1.165, 1.54) is 22.3 Å². The molecule has 1 aliphatic rings. The Morgan fingerprint density at radius 3 is 2.13 bits per heavy atom. The summed E-state index contributed by atoms with van der Waals surface area (Å²) in [4.78, 5) is 0. The molecule has 1 N–H and O–H groups in total. The fourth-order valence-corrected chi connectivity index (χ4v) is 5.15. The van der Waals surface area contributed by atoms with E-state index in [1.54, 1.807) is 6.07 Å². The molecule has 1 unspecified atom stereocenters. The smallest absolute Gasteiger partial charge is 0.142 e. The third-order valence-electron chi connectivity index (χ3n) is 6.27. The van der Waals surface area contributed by atoms with Crippen LogP contribution in [0.25, 0.3) is 33.0 Å². The maximum atomic E-state index is 11.2. The molecule has 30 heavy (non-hydrogen) atoms. The summed E-state index contributed by atoms with van der Waals surface area (Å²) in [5, 5.41) is 13.4. The largest absolute Gasteiger partial charge is 0.506 e. The first-order chi connectivity index (χ1) is 14.7. The monoisotopic (exact) mass is 410 g/mol. The van der Waals surface area contributed by atoms with E-state index in [-0.39, 0.29) is 11.7 Å². The van der Waals surface area contributed by atoms with Crippen LogP contribution in [0, 0.1) is 0 Å². The second-order valence-electron chi connectivity index (χ2n) is 7.93. The number of rotatable bonds is 3. The van der Waals surface area contributed by atoms with Crippen molar-refractivity contribution in [2.24, 2.45) is 0 Å². The van der Waals surface area contributed by atoms with Gasteiger partial charge in [-0.1, -0.05) is 84.4 Å². The molecule has 0 fully saturated rings. The highest BCUT2D eigenvalue weighted by Gasteiger charge is 2.29. The van der Waals surface area contributed by atoms with Gasteiger partial charge in [-0.2, -0.15) is 0 Å². The lowest BCUT2D eigenvalue weighted by Crippen LogP contribution is -2.12. The van der Waals surface area contributed by atoms with E-state index in [1.807, 2.05) is 24.3 Å². The SMILES string of the molecule is C=CC1CCCc2c1c(-c1ccccc1)c1c(O)c(Cl)ccc1c2-c1ccccc1. The van der Waals surface area contributed by atoms with Crippen LogP contribution in [0.2, 0.25) is 5.02 Å². The van der Waals surface area contributed by atoms with Gasteiger partial charge in [0.15, 0.2) is 0 Å². The van der Waals surface area contributed by atoms with E-state index in [0.29, 0.717) is 5.02 Å². The molecule has 4 aromatic rings. The summed E-state index contributed by atoms with van der Waals surface area (Å²) in [6.07, 6.45) is 5.27. The molecule has 0 spiro atoms. The molecule has 0 amide bonds. The summed E-state index contributed by atoms with van der Waals surface area (Å²) in [5.41, 5.74) is 7.22. The van der Waals surface area contributed by atoms with E-state index in [4.69, 9.17) is 11.6 Å². The highest BCUT2D eigenvalue weighted by atomic mass is 35.5. The van der Waals surface area contributed by atoms with Gasteiger partial charge in [-0.05, 0) is 64.1 Å². The van der Waals surface area contributed by atoms with Crippen LogP contribution in [-0.4, -0.2) is 5.11 Å². The first kappa shape index (κ1) is 19.0. The topological polar surface area (TPSA) is 20.2 Å². The highest BCUT2D eigenvalue weighted by Crippen LogP contribution is 2.51. The fraction of sp³-hybridized carbons (Fsp3) is 0.143. The number of aromatic hydroxyl groups is 1. The standard InChI is InChI=1S/C28H23ClO/c1-2-18-14-9-15-21-24(19-10-5-3-6-11-19)22-16-17-23(29)28(30)27(22)26(25(18)21)20-12-7-4-8-13-20/h2-8,10-13,16-18,30H,1,9,14-15H2. The Hall–Kier alpha value is -3.03. The summed E-state index contributed by atoms with van der Waals surface area (Å²) in [6.45, 7) is 4.15. The predicted octanol–water partition coefficient (Wildman–Crippen LogP) is 8.14. The van der Waals surface area contributed by atoms with Crippen molar-refractivity contribution in [1.29, 1.82) is 0 Å². The van der Waals surface area contributed by atoms with Gasteiger partial charge in [0.1, 0.15) is 5.75 Å². The Bertz CT molecular complexity index is 1240. The molecule has 0 saturated carbocycles. The normalized spacial score (nSPS) is 15.7. The van der Waals surface area contributed by atoms with Crippen molar-refractivity contribution in [2.75, 3.05) is 0 Å². The molecule has 148 valence electrons. The molecule has 0 aliphatic heterocycles.